The van der Waals surface area contributed by atoms with Gasteiger partial charge in [0.15, 0.2) is 6.29 Å². The molecule has 0 N–H and O–H groups in total. The van der Waals surface area contributed by atoms with E-state index in [0.29, 0.717) is 22.3 Å². The van der Waals surface area contributed by atoms with Crippen LogP contribution in [0, 0.1) is 17.7 Å². The number of aldehydes is 1. The van der Waals surface area contributed by atoms with Crippen LogP contribution in [0.2, 0.25) is 0 Å². The fourth-order valence-corrected chi connectivity index (χ4v) is 2.35. The average molecular weight is 300 g/mol. The zero-order valence-corrected chi connectivity index (χ0v) is 12.3. The predicted octanol–water partition coefficient (Wildman–Crippen LogP) is 4.71. The van der Waals surface area contributed by atoms with Crippen LogP contribution < -0.4 is 0 Å². The van der Waals surface area contributed by atoms with E-state index in [-0.39, 0.29) is 5.82 Å². The van der Waals surface area contributed by atoms with Crippen LogP contribution in [0.3, 0.4) is 0 Å². The molecule has 3 aromatic carbocycles. The second-order valence-electron chi connectivity index (χ2n) is 5.01. The maximum absolute atomic E-state index is 13.7. The number of halogens is 1. The van der Waals surface area contributed by atoms with Crippen LogP contribution in [0.4, 0.5) is 4.39 Å². The summed E-state index contributed by atoms with van der Waals surface area (Å²) >= 11 is 0. The third-order valence-corrected chi connectivity index (χ3v) is 3.47. The lowest BCUT2D eigenvalue weighted by atomic mass is 9.95. The molecule has 0 spiro atoms. The SMILES string of the molecule is O=Cc1ccccc1-c1cc(F)ccc1C#Cc1ccccc1. The smallest absolute Gasteiger partial charge is 0.150 e. The quantitative estimate of drug-likeness (QED) is 0.495. The van der Waals surface area contributed by atoms with Gasteiger partial charge in [-0.15, -0.1) is 0 Å². The van der Waals surface area contributed by atoms with Crippen LogP contribution >= 0.6 is 0 Å². The number of carbonyl (C=O) groups is 1. The Labute approximate surface area is 134 Å². The monoisotopic (exact) mass is 300 g/mol. The standard InChI is InChI=1S/C21H13FO/c22-19-13-12-17(11-10-16-6-2-1-3-7-16)21(14-19)20-9-5-4-8-18(20)15-23/h1-9,12-15H. The second-order valence-corrected chi connectivity index (χ2v) is 5.01. The summed E-state index contributed by atoms with van der Waals surface area (Å²) in [4.78, 5) is 11.2. The molecule has 23 heavy (non-hydrogen) atoms. The van der Waals surface area contributed by atoms with E-state index in [1.54, 1.807) is 24.3 Å². The maximum Gasteiger partial charge on any atom is 0.150 e. The molecule has 110 valence electrons. The van der Waals surface area contributed by atoms with E-state index < -0.39 is 0 Å². The highest BCUT2D eigenvalue weighted by atomic mass is 19.1. The van der Waals surface area contributed by atoms with Gasteiger partial charge >= 0.3 is 0 Å². The van der Waals surface area contributed by atoms with Crippen molar-refractivity contribution in [1.29, 1.82) is 0 Å². The molecule has 0 saturated heterocycles. The number of carbonyl (C=O) groups excluding carboxylic acids is 1. The molecule has 0 amide bonds. The van der Waals surface area contributed by atoms with E-state index in [2.05, 4.69) is 11.8 Å². The molecule has 0 heterocycles. The molecular weight excluding hydrogens is 287 g/mol. The van der Waals surface area contributed by atoms with Gasteiger partial charge in [0, 0.05) is 22.3 Å². The maximum atomic E-state index is 13.7. The lowest BCUT2D eigenvalue weighted by Gasteiger charge is -2.08. The van der Waals surface area contributed by atoms with Crippen LogP contribution in [0.1, 0.15) is 21.5 Å². The Morgan fingerprint density at radius 2 is 1.52 bits per heavy atom. The zero-order chi connectivity index (χ0) is 16.1. The van der Waals surface area contributed by atoms with Gasteiger partial charge in [0.1, 0.15) is 5.82 Å². The first-order valence-electron chi connectivity index (χ1n) is 7.19. The molecule has 0 aliphatic heterocycles. The number of rotatable bonds is 2. The Morgan fingerprint density at radius 1 is 0.783 bits per heavy atom. The minimum absolute atomic E-state index is 0.356. The largest absolute Gasteiger partial charge is 0.298 e. The minimum atomic E-state index is -0.356. The average Bonchev–Trinajstić information content (AvgIpc) is 2.61. The highest BCUT2D eigenvalue weighted by Gasteiger charge is 2.09. The normalized spacial score (nSPS) is 9.78. The van der Waals surface area contributed by atoms with Crippen LogP contribution in [-0.2, 0) is 0 Å². The van der Waals surface area contributed by atoms with Gasteiger partial charge in [-0.3, -0.25) is 4.79 Å². The molecule has 0 aromatic heterocycles. The molecule has 0 aliphatic carbocycles. The van der Waals surface area contributed by atoms with Crippen LogP contribution in [-0.4, -0.2) is 6.29 Å². The number of hydrogen-bond donors (Lipinski definition) is 0. The van der Waals surface area contributed by atoms with E-state index in [0.717, 1.165) is 11.8 Å². The van der Waals surface area contributed by atoms with Crippen molar-refractivity contribution in [2.24, 2.45) is 0 Å². The van der Waals surface area contributed by atoms with E-state index in [4.69, 9.17) is 0 Å². The molecule has 1 nitrogen and oxygen atoms in total. The van der Waals surface area contributed by atoms with Gasteiger partial charge < -0.3 is 0 Å². The molecule has 0 radical (unpaired) electrons. The summed E-state index contributed by atoms with van der Waals surface area (Å²) in [5, 5.41) is 0. The van der Waals surface area contributed by atoms with Gasteiger partial charge in [-0.2, -0.15) is 0 Å². The lowest BCUT2D eigenvalue weighted by Crippen LogP contribution is -1.91. The topological polar surface area (TPSA) is 17.1 Å². The van der Waals surface area contributed by atoms with Gasteiger partial charge in [-0.1, -0.05) is 54.3 Å². The summed E-state index contributed by atoms with van der Waals surface area (Å²) in [6.45, 7) is 0. The number of benzene rings is 3. The highest BCUT2D eigenvalue weighted by Crippen LogP contribution is 2.27. The molecule has 0 aliphatic rings. The summed E-state index contributed by atoms with van der Waals surface area (Å²) in [6, 6.07) is 21.1. The van der Waals surface area contributed by atoms with Gasteiger partial charge in [-0.05, 0) is 35.9 Å². The molecule has 0 bridgehead atoms. The Balaban J connectivity index is 2.13. The van der Waals surface area contributed by atoms with Crippen molar-refractivity contribution in [2.45, 2.75) is 0 Å². The van der Waals surface area contributed by atoms with E-state index >= 15 is 0 Å². The van der Waals surface area contributed by atoms with Gasteiger partial charge in [-0.25, -0.2) is 4.39 Å². The molecule has 0 fully saturated rings. The Kier molecular flexibility index (Phi) is 4.31. The van der Waals surface area contributed by atoms with Crippen molar-refractivity contribution < 1.29 is 9.18 Å². The summed E-state index contributed by atoms with van der Waals surface area (Å²) in [7, 11) is 0. The second kappa shape index (κ2) is 6.72. The Bertz CT molecular complexity index is 902. The first-order chi connectivity index (χ1) is 11.3. The lowest BCUT2D eigenvalue weighted by molar-refractivity contribution is 0.112. The third kappa shape index (κ3) is 3.36. The Hall–Kier alpha value is -3.18. The molecule has 2 heteroatoms. The summed E-state index contributed by atoms with van der Waals surface area (Å²) in [5.74, 6) is 5.79. The van der Waals surface area contributed by atoms with E-state index in [1.165, 1.54) is 12.1 Å². The summed E-state index contributed by atoms with van der Waals surface area (Å²) in [6.07, 6.45) is 0.772. The molecule has 0 unspecified atom stereocenters. The molecular formula is C21H13FO. The van der Waals surface area contributed by atoms with Crippen molar-refractivity contribution >= 4 is 6.29 Å². The highest BCUT2D eigenvalue weighted by molar-refractivity contribution is 5.89. The van der Waals surface area contributed by atoms with Crippen molar-refractivity contribution in [3.63, 3.8) is 0 Å². The zero-order valence-electron chi connectivity index (χ0n) is 12.3. The predicted molar refractivity (Wildman–Crippen MR) is 89.6 cm³/mol. The Morgan fingerprint density at radius 3 is 2.30 bits per heavy atom. The van der Waals surface area contributed by atoms with E-state index in [1.807, 2.05) is 36.4 Å². The van der Waals surface area contributed by atoms with Gasteiger partial charge in [0.25, 0.3) is 0 Å². The van der Waals surface area contributed by atoms with E-state index in [9.17, 15) is 9.18 Å². The number of hydrogen-bond acceptors (Lipinski definition) is 1. The molecule has 3 aromatic rings. The van der Waals surface area contributed by atoms with Crippen LogP contribution in [0.25, 0.3) is 11.1 Å². The summed E-state index contributed by atoms with van der Waals surface area (Å²) in [5.41, 5.74) is 3.38. The third-order valence-electron chi connectivity index (χ3n) is 3.47. The molecule has 0 atom stereocenters. The molecule has 3 rings (SSSR count). The minimum Gasteiger partial charge on any atom is -0.298 e. The first kappa shape index (κ1) is 14.7. The van der Waals surface area contributed by atoms with Crippen molar-refractivity contribution in [3.8, 4) is 23.0 Å². The first-order valence-corrected chi connectivity index (χ1v) is 7.19. The van der Waals surface area contributed by atoms with Crippen molar-refractivity contribution in [2.75, 3.05) is 0 Å². The van der Waals surface area contributed by atoms with Crippen molar-refractivity contribution in [1.82, 2.24) is 0 Å². The summed E-state index contributed by atoms with van der Waals surface area (Å²) < 4.78 is 13.7. The van der Waals surface area contributed by atoms with Crippen LogP contribution in [0.15, 0.2) is 72.8 Å². The van der Waals surface area contributed by atoms with Gasteiger partial charge in [0.2, 0.25) is 0 Å². The molecule has 0 saturated carbocycles. The fourth-order valence-electron chi connectivity index (χ4n) is 2.35. The van der Waals surface area contributed by atoms with Gasteiger partial charge in [0.05, 0.1) is 0 Å². The van der Waals surface area contributed by atoms with Crippen molar-refractivity contribution in [3.05, 3.63) is 95.3 Å². The fraction of sp³-hybridized carbons (Fsp3) is 0. The van der Waals surface area contributed by atoms with Crippen LogP contribution in [0.5, 0.6) is 0 Å².